The third-order valence-electron chi connectivity index (χ3n) is 4.77. The van der Waals surface area contributed by atoms with Crippen molar-refractivity contribution in [1.29, 1.82) is 0 Å². The first-order valence-electron chi connectivity index (χ1n) is 8.18. The zero-order valence-electron chi connectivity index (χ0n) is 13.8. The van der Waals surface area contributed by atoms with Crippen molar-refractivity contribution in [1.82, 2.24) is 9.80 Å². The van der Waals surface area contributed by atoms with E-state index >= 15 is 0 Å². The summed E-state index contributed by atoms with van der Waals surface area (Å²) in [6.07, 6.45) is 3.53. The number of carbonyl (C=O) groups is 3. The minimum absolute atomic E-state index is 0.151. The van der Waals surface area contributed by atoms with Crippen LogP contribution in [0.15, 0.2) is 12.2 Å². The standard InChI is InChI=1S/C17H26N2O3/c1-5-18(10-11(2)3)15(20)12(4)19-16(21)13-8-6-7-9-14(13)17(19)22/h12-14H,2,5-10H2,1,3-4H3/t12-,13-,14+/m1/s1. The molecule has 0 aromatic heterocycles. The molecule has 5 heteroatoms. The number of likely N-dealkylation sites (tertiary alicyclic amines) is 1. The third-order valence-corrected chi connectivity index (χ3v) is 4.77. The molecule has 0 aromatic carbocycles. The normalized spacial score (nSPS) is 25.9. The monoisotopic (exact) mass is 306 g/mol. The van der Waals surface area contributed by atoms with Crippen LogP contribution in [-0.2, 0) is 14.4 Å². The van der Waals surface area contributed by atoms with E-state index in [9.17, 15) is 14.4 Å². The van der Waals surface area contributed by atoms with E-state index < -0.39 is 6.04 Å². The van der Waals surface area contributed by atoms with Crippen molar-refractivity contribution in [3.63, 3.8) is 0 Å². The second-order valence-electron chi connectivity index (χ2n) is 6.53. The van der Waals surface area contributed by atoms with Crippen LogP contribution >= 0.6 is 0 Å². The Morgan fingerprint density at radius 3 is 2.18 bits per heavy atom. The molecule has 1 aliphatic heterocycles. The zero-order chi connectivity index (χ0) is 16.4. The summed E-state index contributed by atoms with van der Waals surface area (Å²) in [6.45, 7) is 10.2. The number of likely N-dealkylation sites (N-methyl/N-ethyl adjacent to an activating group) is 1. The summed E-state index contributed by atoms with van der Waals surface area (Å²) in [5, 5.41) is 0. The fourth-order valence-electron chi connectivity index (χ4n) is 3.62. The van der Waals surface area contributed by atoms with E-state index in [-0.39, 0.29) is 29.6 Å². The zero-order valence-corrected chi connectivity index (χ0v) is 13.8. The van der Waals surface area contributed by atoms with Gasteiger partial charge in [-0.25, -0.2) is 0 Å². The van der Waals surface area contributed by atoms with E-state index in [4.69, 9.17) is 0 Å². The van der Waals surface area contributed by atoms with Crippen molar-refractivity contribution in [3.8, 4) is 0 Å². The molecule has 0 aromatic rings. The second kappa shape index (κ2) is 6.63. The van der Waals surface area contributed by atoms with Gasteiger partial charge in [-0.1, -0.05) is 25.0 Å². The first kappa shape index (κ1) is 16.7. The van der Waals surface area contributed by atoms with Crippen molar-refractivity contribution in [3.05, 3.63) is 12.2 Å². The molecule has 0 spiro atoms. The van der Waals surface area contributed by atoms with Gasteiger partial charge >= 0.3 is 0 Å². The largest absolute Gasteiger partial charge is 0.337 e. The third kappa shape index (κ3) is 2.94. The fourth-order valence-corrected chi connectivity index (χ4v) is 3.62. The van der Waals surface area contributed by atoms with Crippen LogP contribution in [0.5, 0.6) is 0 Å². The number of rotatable bonds is 5. The maximum absolute atomic E-state index is 12.6. The lowest BCUT2D eigenvalue weighted by atomic mass is 9.81. The first-order chi connectivity index (χ1) is 10.4. The molecule has 122 valence electrons. The molecule has 3 amide bonds. The summed E-state index contributed by atoms with van der Waals surface area (Å²) in [6, 6.07) is -0.718. The van der Waals surface area contributed by atoms with Crippen molar-refractivity contribution >= 4 is 17.7 Å². The second-order valence-corrected chi connectivity index (χ2v) is 6.53. The highest BCUT2D eigenvalue weighted by atomic mass is 16.2. The maximum Gasteiger partial charge on any atom is 0.245 e. The quantitative estimate of drug-likeness (QED) is 0.576. The molecular weight excluding hydrogens is 280 g/mol. The lowest BCUT2D eigenvalue weighted by molar-refractivity contribution is -0.150. The summed E-state index contributed by atoms with van der Waals surface area (Å²) >= 11 is 0. The lowest BCUT2D eigenvalue weighted by Crippen LogP contribution is -2.50. The minimum atomic E-state index is -0.718. The minimum Gasteiger partial charge on any atom is -0.337 e. The van der Waals surface area contributed by atoms with E-state index in [1.165, 1.54) is 4.90 Å². The molecule has 5 nitrogen and oxygen atoms in total. The maximum atomic E-state index is 12.6. The SMILES string of the molecule is C=C(C)CN(CC)C(=O)[C@@H](C)N1C(=O)[C@H]2CCCC[C@H]2C1=O. The number of nitrogens with zero attached hydrogens (tertiary/aromatic N) is 2. The summed E-state index contributed by atoms with van der Waals surface area (Å²) < 4.78 is 0. The molecule has 1 saturated carbocycles. The van der Waals surface area contributed by atoms with Gasteiger partial charge in [-0.05, 0) is 33.6 Å². The van der Waals surface area contributed by atoms with Gasteiger partial charge in [0.05, 0.1) is 11.8 Å². The van der Waals surface area contributed by atoms with Crippen LogP contribution in [-0.4, -0.2) is 46.7 Å². The summed E-state index contributed by atoms with van der Waals surface area (Å²) in [4.78, 5) is 40.6. The van der Waals surface area contributed by atoms with Crippen LogP contribution in [0.4, 0.5) is 0 Å². The Bertz CT molecular complexity index is 476. The summed E-state index contributed by atoms with van der Waals surface area (Å²) in [5.74, 6) is -0.880. The molecule has 3 atom stereocenters. The topological polar surface area (TPSA) is 57.7 Å². The van der Waals surface area contributed by atoms with Gasteiger partial charge in [-0.15, -0.1) is 0 Å². The molecule has 2 rings (SSSR count). The lowest BCUT2D eigenvalue weighted by Gasteiger charge is -2.29. The Labute approximate surface area is 132 Å². The van der Waals surface area contributed by atoms with Crippen molar-refractivity contribution in [2.75, 3.05) is 13.1 Å². The summed E-state index contributed by atoms with van der Waals surface area (Å²) in [5.41, 5.74) is 0.884. The van der Waals surface area contributed by atoms with Gasteiger partial charge in [0, 0.05) is 13.1 Å². The smallest absolute Gasteiger partial charge is 0.245 e. The fraction of sp³-hybridized carbons (Fsp3) is 0.706. The average Bonchev–Trinajstić information content (AvgIpc) is 2.75. The number of hydrogen-bond acceptors (Lipinski definition) is 3. The predicted octanol–water partition coefficient (Wildman–Crippen LogP) is 1.97. The van der Waals surface area contributed by atoms with Crippen LogP contribution in [0.2, 0.25) is 0 Å². The van der Waals surface area contributed by atoms with E-state index in [1.54, 1.807) is 11.8 Å². The van der Waals surface area contributed by atoms with Gasteiger partial charge in [0.25, 0.3) is 0 Å². The van der Waals surface area contributed by atoms with Gasteiger partial charge < -0.3 is 4.90 Å². The van der Waals surface area contributed by atoms with Gasteiger partial charge in [0.2, 0.25) is 17.7 Å². The number of imide groups is 1. The molecular formula is C17H26N2O3. The van der Waals surface area contributed by atoms with E-state index in [1.807, 2.05) is 13.8 Å². The van der Waals surface area contributed by atoms with Gasteiger partial charge in [0.1, 0.15) is 6.04 Å². The number of amides is 3. The van der Waals surface area contributed by atoms with Crippen LogP contribution in [0.25, 0.3) is 0 Å². The van der Waals surface area contributed by atoms with Gasteiger partial charge in [0.15, 0.2) is 0 Å². The average molecular weight is 306 g/mol. The molecule has 1 aliphatic carbocycles. The number of hydrogen-bond donors (Lipinski definition) is 0. The van der Waals surface area contributed by atoms with E-state index in [0.717, 1.165) is 31.3 Å². The van der Waals surface area contributed by atoms with Crippen LogP contribution in [0.3, 0.4) is 0 Å². The predicted molar refractivity (Wildman–Crippen MR) is 83.8 cm³/mol. The molecule has 0 bridgehead atoms. The number of carbonyl (C=O) groups excluding carboxylic acids is 3. The van der Waals surface area contributed by atoms with E-state index in [0.29, 0.717) is 13.1 Å². The highest BCUT2D eigenvalue weighted by molar-refractivity contribution is 6.08. The van der Waals surface area contributed by atoms with E-state index in [2.05, 4.69) is 6.58 Å². The summed E-state index contributed by atoms with van der Waals surface area (Å²) in [7, 11) is 0. The molecule has 1 heterocycles. The Hall–Kier alpha value is -1.65. The van der Waals surface area contributed by atoms with Crippen LogP contribution in [0.1, 0.15) is 46.5 Å². The molecule has 0 N–H and O–H groups in total. The Balaban J connectivity index is 2.15. The molecule has 22 heavy (non-hydrogen) atoms. The van der Waals surface area contributed by atoms with Gasteiger partial charge in [-0.3, -0.25) is 19.3 Å². The van der Waals surface area contributed by atoms with Crippen LogP contribution < -0.4 is 0 Å². The Kier molecular flexibility index (Phi) is 5.04. The molecule has 0 radical (unpaired) electrons. The Morgan fingerprint density at radius 1 is 1.27 bits per heavy atom. The Morgan fingerprint density at radius 2 is 1.77 bits per heavy atom. The van der Waals surface area contributed by atoms with Crippen molar-refractivity contribution in [2.45, 2.75) is 52.5 Å². The highest BCUT2D eigenvalue weighted by Gasteiger charge is 2.51. The van der Waals surface area contributed by atoms with Crippen LogP contribution in [0, 0.1) is 11.8 Å². The van der Waals surface area contributed by atoms with Gasteiger partial charge in [-0.2, -0.15) is 0 Å². The molecule has 2 fully saturated rings. The molecule has 1 saturated heterocycles. The number of fused-ring (bicyclic) bond motifs is 1. The molecule has 2 aliphatic rings. The first-order valence-corrected chi connectivity index (χ1v) is 8.18. The van der Waals surface area contributed by atoms with Crippen molar-refractivity contribution in [2.24, 2.45) is 11.8 Å². The van der Waals surface area contributed by atoms with Crippen molar-refractivity contribution < 1.29 is 14.4 Å². The highest BCUT2D eigenvalue weighted by Crippen LogP contribution is 2.38. The molecule has 0 unspecified atom stereocenters.